The molecule has 0 amide bonds. The topological polar surface area (TPSA) is 81.3 Å². The third-order valence-corrected chi connectivity index (χ3v) is 1.13. The summed E-state index contributed by atoms with van der Waals surface area (Å²) in [5.41, 5.74) is 11.5. The number of nitrogens with zero attached hydrogens (tertiary/aromatic N) is 1. The number of hydrazine groups is 1. The van der Waals surface area contributed by atoms with Crippen molar-refractivity contribution >= 4 is 0 Å². The van der Waals surface area contributed by atoms with Gasteiger partial charge in [-0.3, -0.25) is 0 Å². The summed E-state index contributed by atoms with van der Waals surface area (Å²) in [5, 5.41) is 1.50. The zero-order chi connectivity index (χ0) is 7.98. The van der Waals surface area contributed by atoms with Crippen LogP contribution in [-0.4, -0.2) is 18.1 Å². The van der Waals surface area contributed by atoms with Gasteiger partial charge in [0.05, 0.1) is 0 Å². The fourth-order valence-corrected chi connectivity index (χ4v) is 0.518. The Balaban J connectivity index is 3.62. The van der Waals surface area contributed by atoms with Crippen molar-refractivity contribution in [3.8, 4) is 0 Å². The van der Waals surface area contributed by atoms with Crippen LogP contribution in [0.3, 0.4) is 0 Å². The van der Waals surface area contributed by atoms with Gasteiger partial charge in [-0.15, -0.1) is 0 Å². The first-order chi connectivity index (χ1) is 4.70. The fourth-order valence-electron chi connectivity index (χ4n) is 0.518. The van der Waals surface area contributed by atoms with E-state index in [1.54, 1.807) is 6.20 Å². The summed E-state index contributed by atoms with van der Waals surface area (Å²) in [6.07, 6.45) is 2.52. The summed E-state index contributed by atoms with van der Waals surface area (Å²) in [6, 6.07) is 0. The second-order valence-corrected chi connectivity index (χ2v) is 2.08. The molecule has 0 aromatic heterocycles. The van der Waals surface area contributed by atoms with Crippen molar-refractivity contribution in [2.75, 3.05) is 13.1 Å². The van der Waals surface area contributed by atoms with E-state index in [9.17, 15) is 0 Å². The third-order valence-electron chi connectivity index (χ3n) is 1.13. The molecule has 0 aliphatic carbocycles. The molecule has 60 valence electrons. The molecular formula is C6H16N4. The van der Waals surface area contributed by atoms with Gasteiger partial charge in [0.25, 0.3) is 0 Å². The molecule has 0 saturated carbocycles. The van der Waals surface area contributed by atoms with Crippen molar-refractivity contribution in [1.82, 2.24) is 5.01 Å². The van der Waals surface area contributed by atoms with Gasteiger partial charge in [0.2, 0.25) is 0 Å². The SMILES string of the molecule is CC/C(N)=C/N(N)CCN. The van der Waals surface area contributed by atoms with Crippen LogP contribution in [0.2, 0.25) is 0 Å². The molecule has 0 bridgehead atoms. The van der Waals surface area contributed by atoms with Crippen molar-refractivity contribution in [3.63, 3.8) is 0 Å². The summed E-state index contributed by atoms with van der Waals surface area (Å²) in [5.74, 6) is 5.46. The first-order valence-corrected chi connectivity index (χ1v) is 3.38. The van der Waals surface area contributed by atoms with Crippen LogP contribution in [0.15, 0.2) is 11.9 Å². The predicted octanol–water partition coefficient (Wildman–Crippen LogP) is -0.669. The molecule has 0 spiro atoms. The van der Waals surface area contributed by atoms with E-state index < -0.39 is 0 Å². The molecule has 0 unspecified atom stereocenters. The molecule has 0 rings (SSSR count). The molecule has 0 aliphatic rings. The average Bonchev–Trinajstić information content (AvgIpc) is 1.88. The van der Waals surface area contributed by atoms with Crippen LogP contribution in [0, 0.1) is 0 Å². The van der Waals surface area contributed by atoms with Gasteiger partial charge in [-0.05, 0) is 6.42 Å². The van der Waals surface area contributed by atoms with E-state index in [2.05, 4.69) is 0 Å². The Morgan fingerprint density at radius 3 is 2.60 bits per heavy atom. The smallest absolute Gasteiger partial charge is 0.0458 e. The Morgan fingerprint density at radius 1 is 1.60 bits per heavy atom. The largest absolute Gasteiger partial charge is 0.401 e. The maximum Gasteiger partial charge on any atom is 0.0458 e. The first kappa shape index (κ1) is 9.26. The lowest BCUT2D eigenvalue weighted by molar-refractivity contribution is 0.399. The minimum Gasteiger partial charge on any atom is -0.401 e. The number of rotatable bonds is 4. The van der Waals surface area contributed by atoms with Gasteiger partial charge in [0.1, 0.15) is 0 Å². The van der Waals surface area contributed by atoms with Gasteiger partial charge in [0, 0.05) is 25.0 Å². The summed E-state index contributed by atoms with van der Waals surface area (Å²) < 4.78 is 0. The zero-order valence-corrected chi connectivity index (χ0v) is 6.38. The van der Waals surface area contributed by atoms with E-state index in [0.29, 0.717) is 13.1 Å². The molecule has 6 N–H and O–H groups in total. The Hall–Kier alpha value is -0.740. The highest BCUT2D eigenvalue weighted by molar-refractivity contribution is 4.93. The van der Waals surface area contributed by atoms with Gasteiger partial charge < -0.3 is 16.5 Å². The molecule has 0 heterocycles. The van der Waals surface area contributed by atoms with Crippen LogP contribution >= 0.6 is 0 Å². The second kappa shape index (κ2) is 5.08. The Morgan fingerprint density at radius 2 is 2.20 bits per heavy atom. The van der Waals surface area contributed by atoms with Crippen LogP contribution in [-0.2, 0) is 0 Å². The minimum absolute atomic E-state index is 0.546. The van der Waals surface area contributed by atoms with Crippen LogP contribution in [0.4, 0.5) is 0 Å². The zero-order valence-electron chi connectivity index (χ0n) is 6.38. The van der Waals surface area contributed by atoms with E-state index in [1.165, 1.54) is 5.01 Å². The van der Waals surface area contributed by atoms with Crippen molar-refractivity contribution in [3.05, 3.63) is 11.9 Å². The summed E-state index contributed by atoms with van der Waals surface area (Å²) in [6.45, 7) is 3.16. The molecule has 0 saturated heterocycles. The highest BCUT2D eigenvalue weighted by Crippen LogP contribution is 1.90. The molecule has 4 nitrogen and oxygen atoms in total. The number of hydrogen-bond acceptors (Lipinski definition) is 4. The van der Waals surface area contributed by atoms with E-state index in [1.807, 2.05) is 6.92 Å². The molecule has 0 atom stereocenters. The lowest BCUT2D eigenvalue weighted by Gasteiger charge is -2.12. The van der Waals surface area contributed by atoms with E-state index in [-0.39, 0.29) is 0 Å². The summed E-state index contributed by atoms with van der Waals surface area (Å²) in [7, 11) is 0. The van der Waals surface area contributed by atoms with Crippen LogP contribution < -0.4 is 17.3 Å². The molecule has 4 heteroatoms. The lowest BCUT2D eigenvalue weighted by Crippen LogP contribution is -2.31. The summed E-state index contributed by atoms with van der Waals surface area (Å²) >= 11 is 0. The van der Waals surface area contributed by atoms with Crippen LogP contribution in [0.25, 0.3) is 0 Å². The van der Waals surface area contributed by atoms with Crippen molar-refractivity contribution in [2.45, 2.75) is 13.3 Å². The minimum atomic E-state index is 0.546. The highest BCUT2D eigenvalue weighted by atomic mass is 15.4. The third kappa shape index (κ3) is 4.17. The predicted molar refractivity (Wildman–Crippen MR) is 42.5 cm³/mol. The quantitative estimate of drug-likeness (QED) is 0.361. The van der Waals surface area contributed by atoms with Gasteiger partial charge in [-0.1, -0.05) is 6.92 Å². The number of nitrogens with two attached hydrogens (primary N) is 3. The second-order valence-electron chi connectivity index (χ2n) is 2.08. The van der Waals surface area contributed by atoms with E-state index >= 15 is 0 Å². The highest BCUT2D eigenvalue weighted by Gasteiger charge is 1.90. The standard InChI is InChI=1S/C6H16N4/c1-2-6(8)5-10(9)4-3-7/h5H,2-4,7-9H2,1H3/b6-5-. The van der Waals surface area contributed by atoms with E-state index in [0.717, 1.165) is 12.1 Å². The maximum absolute atomic E-state index is 5.50. The molecule has 0 fully saturated rings. The Bertz CT molecular complexity index is 110. The van der Waals surface area contributed by atoms with Gasteiger partial charge >= 0.3 is 0 Å². The lowest BCUT2D eigenvalue weighted by atomic mass is 10.4. The average molecular weight is 144 g/mol. The first-order valence-electron chi connectivity index (χ1n) is 3.38. The van der Waals surface area contributed by atoms with Crippen molar-refractivity contribution in [1.29, 1.82) is 0 Å². The van der Waals surface area contributed by atoms with Crippen molar-refractivity contribution in [2.24, 2.45) is 17.3 Å². The number of allylic oxidation sites excluding steroid dienone is 1. The Labute approximate surface area is 61.6 Å². The van der Waals surface area contributed by atoms with Gasteiger partial charge in [0.15, 0.2) is 0 Å². The normalized spacial score (nSPS) is 11.7. The maximum atomic E-state index is 5.50. The van der Waals surface area contributed by atoms with E-state index in [4.69, 9.17) is 17.3 Å². The Kier molecular flexibility index (Phi) is 4.70. The number of hydrogen-bond donors (Lipinski definition) is 3. The molecule has 0 radical (unpaired) electrons. The molecule has 0 aromatic rings. The fraction of sp³-hybridized carbons (Fsp3) is 0.667. The van der Waals surface area contributed by atoms with Gasteiger partial charge in [-0.2, -0.15) is 0 Å². The van der Waals surface area contributed by atoms with Gasteiger partial charge in [-0.25, -0.2) is 5.84 Å². The summed E-state index contributed by atoms with van der Waals surface area (Å²) in [4.78, 5) is 0. The monoisotopic (exact) mass is 144 g/mol. The molecular weight excluding hydrogens is 128 g/mol. The van der Waals surface area contributed by atoms with Crippen molar-refractivity contribution < 1.29 is 0 Å². The molecule has 0 aliphatic heterocycles. The van der Waals surface area contributed by atoms with Crippen LogP contribution in [0.5, 0.6) is 0 Å². The van der Waals surface area contributed by atoms with Crippen LogP contribution in [0.1, 0.15) is 13.3 Å². The molecule has 10 heavy (non-hydrogen) atoms. The molecule has 0 aromatic carbocycles.